The summed E-state index contributed by atoms with van der Waals surface area (Å²) in [4.78, 5) is 39.7. The van der Waals surface area contributed by atoms with E-state index in [1.165, 1.54) is 7.11 Å². The summed E-state index contributed by atoms with van der Waals surface area (Å²) in [5, 5.41) is 21.0. The van der Waals surface area contributed by atoms with E-state index in [9.17, 15) is 19.7 Å². The Morgan fingerprint density at radius 1 is 1.39 bits per heavy atom. The molecule has 3 rings (SSSR count). The van der Waals surface area contributed by atoms with E-state index >= 15 is 0 Å². The third-order valence-electron chi connectivity index (χ3n) is 4.34. The third kappa shape index (κ3) is 3.19. The van der Waals surface area contributed by atoms with Crippen LogP contribution in [0.2, 0.25) is 0 Å². The number of aryl methyl sites for hydroxylation is 1. The van der Waals surface area contributed by atoms with Crippen LogP contribution in [0.15, 0.2) is 41.3 Å². The molecule has 28 heavy (non-hydrogen) atoms. The van der Waals surface area contributed by atoms with Gasteiger partial charge in [-0.25, -0.2) is 9.78 Å². The molecule has 0 saturated carbocycles. The smallest absolute Gasteiger partial charge is 0.340 e. The first kappa shape index (κ1) is 18.7. The summed E-state index contributed by atoms with van der Waals surface area (Å²) in [6.07, 6.45) is 1.02. The van der Waals surface area contributed by atoms with Crippen molar-refractivity contribution < 1.29 is 14.5 Å². The minimum absolute atomic E-state index is 0.179. The molecule has 0 spiro atoms. The zero-order chi connectivity index (χ0) is 20.4. The molecule has 1 aromatic carbocycles. The molecule has 0 radical (unpaired) electrons. The summed E-state index contributed by atoms with van der Waals surface area (Å²) < 4.78 is 5.85. The number of methoxy groups -OCH3 is 1. The molecular weight excluding hydrogens is 364 g/mol. The van der Waals surface area contributed by atoms with Crippen LogP contribution >= 0.6 is 0 Å². The first-order valence-corrected chi connectivity index (χ1v) is 8.13. The number of aromatic nitrogens is 2. The lowest BCUT2D eigenvalue weighted by molar-refractivity contribution is -0.385. The zero-order valence-corrected chi connectivity index (χ0v) is 15.0. The van der Waals surface area contributed by atoms with E-state index < -0.39 is 22.1 Å². The summed E-state index contributed by atoms with van der Waals surface area (Å²) in [5.74, 6) is -0.635. The van der Waals surface area contributed by atoms with Gasteiger partial charge in [-0.2, -0.15) is 5.26 Å². The second-order valence-corrected chi connectivity index (χ2v) is 5.98. The summed E-state index contributed by atoms with van der Waals surface area (Å²) in [6.45, 7) is 1.50. The van der Waals surface area contributed by atoms with Gasteiger partial charge in [0.25, 0.3) is 11.2 Å². The van der Waals surface area contributed by atoms with Crippen LogP contribution in [0.1, 0.15) is 27.2 Å². The Hall–Kier alpha value is -4.06. The number of benzene rings is 1. The lowest BCUT2D eigenvalue weighted by Crippen LogP contribution is -2.25. The van der Waals surface area contributed by atoms with Gasteiger partial charge in [-0.1, -0.05) is 18.2 Å². The average Bonchev–Trinajstić information content (AvgIpc) is 2.69. The Bertz CT molecular complexity index is 1220. The highest BCUT2D eigenvalue weighted by Gasteiger charge is 2.21. The van der Waals surface area contributed by atoms with Crippen LogP contribution in [-0.4, -0.2) is 27.6 Å². The molecule has 0 amide bonds. The molecule has 0 aliphatic rings. The number of carbonyl (C=O) groups is 1. The normalized spacial score (nSPS) is 10.5. The Balaban J connectivity index is 2.27. The number of hydrogen-bond acceptors (Lipinski definition) is 7. The van der Waals surface area contributed by atoms with Crippen molar-refractivity contribution in [2.24, 2.45) is 0 Å². The van der Waals surface area contributed by atoms with Crippen molar-refractivity contribution in [2.45, 2.75) is 13.5 Å². The van der Waals surface area contributed by atoms with Crippen molar-refractivity contribution in [1.29, 1.82) is 5.26 Å². The quantitative estimate of drug-likeness (QED) is 0.387. The van der Waals surface area contributed by atoms with Gasteiger partial charge in [-0.05, 0) is 18.6 Å². The van der Waals surface area contributed by atoms with Gasteiger partial charge in [-0.15, -0.1) is 0 Å². The molecule has 2 heterocycles. The number of nitriles is 1. The molecule has 0 atom stereocenters. The molecule has 3 aromatic rings. The van der Waals surface area contributed by atoms with Gasteiger partial charge in [-0.3, -0.25) is 14.9 Å². The van der Waals surface area contributed by atoms with Gasteiger partial charge in [0.2, 0.25) is 0 Å². The maximum Gasteiger partial charge on any atom is 0.340 e. The number of nitro groups is 1. The Morgan fingerprint density at radius 2 is 2.11 bits per heavy atom. The number of ether oxygens (including phenoxy) is 1. The van der Waals surface area contributed by atoms with Gasteiger partial charge >= 0.3 is 5.97 Å². The molecule has 0 saturated heterocycles. The van der Waals surface area contributed by atoms with Crippen LogP contribution in [0.5, 0.6) is 0 Å². The number of para-hydroxylation sites is 1. The molecule has 9 nitrogen and oxygen atoms in total. The van der Waals surface area contributed by atoms with Crippen LogP contribution in [0.4, 0.5) is 5.69 Å². The van der Waals surface area contributed by atoms with E-state index in [0.29, 0.717) is 11.1 Å². The standard InChI is InChI=1S/C19H14N4O5/c1-11-14-5-3-4-6-15(14)21-16(17(11)19(25)28-2)10-22-9-13(23(26)27)7-12(8-20)18(22)24/h3-7,9H,10H2,1-2H3. The number of fused-ring (bicyclic) bond motifs is 1. The lowest BCUT2D eigenvalue weighted by atomic mass is 10.0. The van der Waals surface area contributed by atoms with Gasteiger partial charge in [0.15, 0.2) is 0 Å². The van der Waals surface area contributed by atoms with E-state index in [1.807, 2.05) is 6.07 Å². The van der Waals surface area contributed by atoms with Crippen molar-refractivity contribution in [3.63, 3.8) is 0 Å². The number of carbonyl (C=O) groups excluding carboxylic acids is 1. The Morgan fingerprint density at radius 3 is 2.75 bits per heavy atom. The van der Waals surface area contributed by atoms with Crippen molar-refractivity contribution in [1.82, 2.24) is 9.55 Å². The largest absolute Gasteiger partial charge is 0.465 e. The maximum absolute atomic E-state index is 12.5. The van der Waals surface area contributed by atoms with Crippen LogP contribution in [-0.2, 0) is 11.3 Å². The molecule has 0 aliphatic carbocycles. The number of pyridine rings is 2. The van der Waals surface area contributed by atoms with Crippen molar-refractivity contribution in [3.8, 4) is 6.07 Å². The fraction of sp³-hybridized carbons (Fsp3) is 0.158. The molecule has 2 aromatic heterocycles. The fourth-order valence-electron chi connectivity index (χ4n) is 3.01. The molecule has 0 aliphatic heterocycles. The van der Waals surface area contributed by atoms with Crippen molar-refractivity contribution >= 4 is 22.6 Å². The molecule has 0 N–H and O–H groups in total. The SMILES string of the molecule is COC(=O)c1c(Cn2cc([N+](=O)[O-])cc(C#N)c2=O)nc2ccccc2c1C. The third-order valence-corrected chi connectivity index (χ3v) is 4.34. The summed E-state index contributed by atoms with van der Waals surface area (Å²) >= 11 is 0. The minimum atomic E-state index is -0.712. The highest BCUT2D eigenvalue weighted by atomic mass is 16.6. The van der Waals surface area contributed by atoms with Gasteiger partial charge in [0.05, 0.1) is 41.5 Å². The number of rotatable bonds is 4. The summed E-state index contributed by atoms with van der Waals surface area (Å²) in [6, 6.07) is 9.72. The predicted octanol–water partition coefficient (Wildman–Crippen LogP) is 2.32. The second-order valence-electron chi connectivity index (χ2n) is 5.98. The maximum atomic E-state index is 12.5. The van der Waals surface area contributed by atoms with Gasteiger partial charge < -0.3 is 9.30 Å². The Kier molecular flexibility index (Phi) is 4.87. The van der Waals surface area contributed by atoms with E-state index in [0.717, 1.165) is 22.2 Å². The molecular formula is C19H14N4O5. The van der Waals surface area contributed by atoms with Crippen molar-refractivity contribution in [3.05, 3.63) is 79.4 Å². The van der Waals surface area contributed by atoms with E-state index in [2.05, 4.69) is 4.98 Å². The molecule has 9 heteroatoms. The fourth-order valence-corrected chi connectivity index (χ4v) is 3.01. The highest BCUT2D eigenvalue weighted by molar-refractivity contribution is 5.98. The highest BCUT2D eigenvalue weighted by Crippen LogP contribution is 2.24. The topological polar surface area (TPSA) is 128 Å². The van der Waals surface area contributed by atoms with Gasteiger partial charge in [0, 0.05) is 11.5 Å². The van der Waals surface area contributed by atoms with E-state index in [4.69, 9.17) is 10.00 Å². The summed E-state index contributed by atoms with van der Waals surface area (Å²) in [7, 11) is 1.23. The van der Waals surface area contributed by atoms with E-state index in [1.54, 1.807) is 31.2 Å². The van der Waals surface area contributed by atoms with Crippen LogP contribution < -0.4 is 5.56 Å². The Labute approximate surface area is 158 Å². The molecule has 0 fully saturated rings. The minimum Gasteiger partial charge on any atom is -0.465 e. The zero-order valence-electron chi connectivity index (χ0n) is 15.0. The first-order valence-electron chi connectivity index (χ1n) is 8.13. The molecule has 140 valence electrons. The monoisotopic (exact) mass is 378 g/mol. The van der Waals surface area contributed by atoms with Crippen LogP contribution in [0, 0.1) is 28.4 Å². The number of esters is 1. The molecule has 0 unspecified atom stereocenters. The first-order chi connectivity index (χ1) is 13.4. The summed E-state index contributed by atoms with van der Waals surface area (Å²) in [5.41, 5.74) is 0.122. The molecule has 0 bridgehead atoms. The average molecular weight is 378 g/mol. The van der Waals surface area contributed by atoms with Crippen LogP contribution in [0.25, 0.3) is 10.9 Å². The van der Waals surface area contributed by atoms with Crippen molar-refractivity contribution in [2.75, 3.05) is 7.11 Å². The van der Waals surface area contributed by atoms with Crippen LogP contribution in [0.3, 0.4) is 0 Å². The second kappa shape index (κ2) is 7.28. The van der Waals surface area contributed by atoms with Gasteiger partial charge in [0.1, 0.15) is 11.6 Å². The number of nitrogens with zero attached hydrogens (tertiary/aromatic N) is 4. The van der Waals surface area contributed by atoms with E-state index in [-0.39, 0.29) is 23.4 Å². The number of hydrogen-bond donors (Lipinski definition) is 0. The predicted molar refractivity (Wildman–Crippen MR) is 99.0 cm³/mol. The lowest BCUT2D eigenvalue weighted by Gasteiger charge is -2.14.